The Morgan fingerprint density at radius 2 is 1.95 bits per heavy atom. The zero-order valence-electron chi connectivity index (χ0n) is 12.9. The van der Waals surface area contributed by atoms with Gasteiger partial charge in [0.05, 0.1) is 13.2 Å². The van der Waals surface area contributed by atoms with Crippen molar-refractivity contribution in [3.8, 4) is 0 Å². The van der Waals surface area contributed by atoms with E-state index in [0.717, 1.165) is 22.3 Å². The number of carbonyl (C=O) groups excluding carboxylic acids is 1. The van der Waals surface area contributed by atoms with Gasteiger partial charge in [0.2, 0.25) is 0 Å². The minimum atomic E-state index is -0.425. The van der Waals surface area contributed by atoms with E-state index in [9.17, 15) is 4.79 Å². The van der Waals surface area contributed by atoms with Crippen LogP contribution in [-0.2, 0) is 11.3 Å². The first-order valence-corrected chi connectivity index (χ1v) is 7.00. The molecule has 4 heteroatoms. The molecule has 1 heterocycles. The van der Waals surface area contributed by atoms with Crippen LogP contribution in [0.2, 0.25) is 0 Å². The molecule has 0 atom stereocenters. The minimum Gasteiger partial charge on any atom is -0.459 e. The topological polar surface area (TPSA) is 51.5 Å². The van der Waals surface area contributed by atoms with Gasteiger partial charge in [-0.25, -0.2) is 4.79 Å². The monoisotopic (exact) mass is 277 g/mol. The first-order valence-electron chi connectivity index (χ1n) is 7.00. The molecule has 0 saturated carbocycles. The summed E-state index contributed by atoms with van der Waals surface area (Å²) in [7, 11) is 0. The fourth-order valence-corrected chi connectivity index (χ4v) is 2.00. The normalized spacial score (nSPS) is 9.85. The van der Waals surface area contributed by atoms with Crippen molar-refractivity contribution in [1.29, 1.82) is 0 Å². The highest BCUT2D eigenvalue weighted by Gasteiger charge is 2.08. The smallest absolute Gasteiger partial charge is 0.407 e. The van der Waals surface area contributed by atoms with E-state index in [-0.39, 0.29) is 0 Å². The molecule has 20 heavy (non-hydrogen) atoms. The first-order chi connectivity index (χ1) is 9.60. The van der Waals surface area contributed by atoms with Gasteiger partial charge in [-0.2, -0.15) is 0 Å². The third-order valence-electron chi connectivity index (χ3n) is 2.68. The zero-order valence-corrected chi connectivity index (χ0v) is 12.9. The molecule has 2 rings (SSSR count). The van der Waals surface area contributed by atoms with E-state index in [2.05, 4.69) is 24.4 Å². The quantitative estimate of drug-likeness (QED) is 0.908. The number of fused-ring (bicyclic) bond motifs is 1. The lowest BCUT2D eigenvalue weighted by atomic mass is 10.1. The summed E-state index contributed by atoms with van der Waals surface area (Å²) in [5, 5.41) is 3.70. The van der Waals surface area contributed by atoms with Crippen LogP contribution in [0.3, 0.4) is 0 Å². The van der Waals surface area contributed by atoms with Crippen LogP contribution < -0.4 is 5.32 Å². The molecular weight excluding hydrogens is 254 g/mol. The lowest BCUT2D eigenvalue weighted by Crippen LogP contribution is -2.23. The van der Waals surface area contributed by atoms with Crippen LogP contribution in [0, 0.1) is 13.8 Å². The fraction of sp³-hybridized carbons (Fsp3) is 0.438. The number of hydrogen-bond donors (Lipinski definition) is 1. The fourth-order valence-electron chi connectivity index (χ4n) is 2.00. The van der Waals surface area contributed by atoms with Gasteiger partial charge in [0, 0.05) is 5.39 Å². The Morgan fingerprint density at radius 3 is 2.60 bits per heavy atom. The van der Waals surface area contributed by atoms with Gasteiger partial charge in [0.25, 0.3) is 0 Å². The Bertz CT molecular complexity index is 572. The summed E-state index contributed by atoms with van der Waals surface area (Å²) in [6, 6.07) is 6.09. The van der Waals surface area contributed by atoms with Crippen molar-refractivity contribution in [2.75, 3.05) is 6.61 Å². The van der Waals surface area contributed by atoms with Gasteiger partial charge in [-0.15, -0.1) is 0 Å². The molecule has 0 unspecified atom stereocenters. The summed E-state index contributed by atoms with van der Waals surface area (Å²) in [6.45, 7) is 10.5. The first kappa shape index (κ1) is 16.1. The Labute approximate surface area is 120 Å². The number of alkyl carbamates (subject to hydrolysis) is 1. The Balaban J connectivity index is 0.000000956. The number of carbonyl (C=O) groups is 1. The van der Waals surface area contributed by atoms with Gasteiger partial charge in [-0.3, -0.25) is 0 Å². The molecule has 0 bridgehead atoms. The highest BCUT2D eigenvalue weighted by molar-refractivity contribution is 5.82. The molecule has 0 aliphatic rings. The predicted octanol–water partition coefficient (Wildman–Crippen LogP) is 4.32. The highest BCUT2D eigenvalue weighted by atomic mass is 16.5. The van der Waals surface area contributed by atoms with Crippen LogP contribution in [0.1, 0.15) is 37.7 Å². The maximum Gasteiger partial charge on any atom is 0.407 e. The predicted molar refractivity (Wildman–Crippen MR) is 80.9 cm³/mol. The molecule has 0 aliphatic carbocycles. The van der Waals surface area contributed by atoms with Crippen molar-refractivity contribution in [2.45, 2.75) is 41.2 Å². The maximum atomic E-state index is 11.2. The number of hydrogen-bond acceptors (Lipinski definition) is 3. The van der Waals surface area contributed by atoms with Crippen LogP contribution >= 0.6 is 0 Å². The van der Waals surface area contributed by atoms with Crippen molar-refractivity contribution < 1.29 is 13.9 Å². The number of ether oxygens (including phenoxy) is 1. The number of aryl methyl sites for hydroxylation is 2. The largest absolute Gasteiger partial charge is 0.459 e. The van der Waals surface area contributed by atoms with E-state index in [4.69, 9.17) is 9.15 Å². The molecule has 0 spiro atoms. The van der Waals surface area contributed by atoms with Gasteiger partial charge < -0.3 is 14.5 Å². The van der Waals surface area contributed by atoms with Crippen LogP contribution in [0.5, 0.6) is 0 Å². The molecule has 0 saturated heterocycles. The van der Waals surface area contributed by atoms with Crippen molar-refractivity contribution in [3.05, 3.63) is 35.1 Å². The van der Waals surface area contributed by atoms with Gasteiger partial charge >= 0.3 is 6.09 Å². The number of nitrogens with one attached hydrogen (secondary N) is 1. The number of rotatable bonds is 3. The number of benzene rings is 1. The second kappa shape index (κ2) is 7.58. The molecule has 1 N–H and O–H groups in total. The second-order valence-electron chi connectivity index (χ2n) is 4.29. The lowest BCUT2D eigenvalue weighted by Gasteiger charge is -2.02. The summed E-state index contributed by atoms with van der Waals surface area (Å²) >= 11 is 0. The van der Waals surface area contributed by atoms with Gasteiger partial charge in [-0.05, 0) is 38.5 Å². The van der Waals surface area contributed by atoms with Crippen LogP contribution in [0.4, 0.5) is 4.79 Å². The molecule has 1 amide bonds. The van der Waals surface area contributed by atoms with E-state index < -0.39 is 6.09 Å². The van der Waals surface area contributed by atoms with E-state index in [0.29, 0.717) is 13.2 Å². The average Bonchev–Trinajstić information content (AvgIpc) is 2.82. The minimum absolute atomic E-state index is 0.339. The average molecular weight is 277 g/mol. The standard InChI is InChI=1S/C14H17NO3.C2H6/c1-4-17-14(16)15-8-12-7-11-6-9(2)5-10(3)13(11)18-12;1-2/h5-7H,4,8H2,1-3H3,(H,15,16);1-2H3. The lowest BCUT2D eigenvalue weighted by molar-refractivity contribution is 0.151. The Hall–Kier alpha value is -1.97. The summed E-state index contributed by atoms with van der Waals surface area (Å²) in [6.07, 6.45) is -0.425. The molecule has 2 aromatic rings. The van der Waals surface area contributed by atoms with Crippen LogP contribution in [0.15, 0.2) is 22.6 Å². The van der Waals surface area contributed by atoms with E-state index in [1.54, 1.807) is 6.92 Å². The van der Waals surface area contributed by atoms with E-state index in [1.807, 2.05) is 26.8 Å². The van der Waals surface area contributed by atoms with E-state index in [1.165, 1.54) is 5.56 Å². The van der Waals surface area contributed by atoms with Crippen molar-refractivity contribution >= 4 is 17.1 Å². The van der Waals surface area contributed by atoms with Crippen LogP contribution in [-0.4, -0.2) is 12.7 Å². The molecule has 0 fully saturated rings. The Kier molecular flexibility index (Phi) is 6.10. The van der Waals surface area contributed by atoms with Gasteiger partial charge in [0.1, 0.15) is 11.3 Å². The molecule has 0 aliphatic heterocycles. The molecule has 1 aromatic heterocycles. The summed E-state index contributed by atoms with van der Waals surface area (Å²) in [5.41, 5.74) is 3.18. The number of furan rings is 1. The maximum absolute atomic E-state index is 11.2. The highest BCUT2D eigenvalue weighted by Crippen LogP contribution is 2.24. The van der Waals surface area contributed by atoms with Crippen molar-refractivity contribution in [3.63, 3.8) is 0 Å². The Morgan fingerprint density at radius 1 is 1.25 bits per heavy atom. The zero-order chi connectivity index (χ0) is 15.1. The summed E-state index contributed by atoms with van der Waals surface area (Å²) < 4.78 is 10.5. The molecule has 110 valence electrons. The third-order valence-corrected chi connectivity index (χ3v) is 2.68. The SMILES string of the molecule is CC.CCOC(=O)NCc1cc2cc(C)cc(C)c2o1. The van der Waals surface area contributed by atoms with E-state index >= 15 is 0 Å². The molecule has 4 nitrogen and oxygen atoms in total. The van der Waals surface area contributed by atoms with Gasteiger partial charge in [0.15, 0.2) is 0 Å². The summed E-state index contributed by atoms with van der Waals surface area (Å²) in [4.78, 5) is 11.2. The molecule has 0 radical (unpaired) electrons. The van der Waals surface area contributed by atoms with Crippen LogP contribution in [0.25, 0.3) is 11.0 Å². The third kappa shape index (κ3) is 4.02. The molecular formula is C16H23NO3. The van der Waals surface area contributed by atoms with Gasteiger partial charge in [-0.1, -0.05) is 25.5 Å². The van der Waals surface area contributed by atoms with Crippen molar-refractivity contribution in [1.82, 2.24) is 5.32 Å². The number of amides is 1. The summed E-state index contributed by atoms with van der Waals surface area (Å²) in [5.74, 6) is 0.728. The van der Waals surface area contributed by atoms with Crippen molar-refractivity contribution in [2.24, 2.45) is 0 Å². The second-order valence-corrected chi connectivity index (χ2v) is 4.29. The molecule has 1 aromatic carbocycles.